The fourth-order valence-corrected chi connectivity index (χ4v) is 6.76. The Balaban J connectivity index is 0.940. The zero-order chi connectivity index (χ0) is 34.8. The van der Waals surface area contributed by atoms with Crippen LogP contribution in [0.5, 0.6) is 11.5 Å². The van der Waals surface area contributed by atoms with Gasteiger partial charge in [-0.05, 0) is 89.1 Å². The molecule has 2 aromatic rings. The van der Waals surface area contributed by atoms with Crippen molar-refractivity contribution in [3.63, 3.8) is 0 Å². The van der Waals surface area contributed by atoms with Gasteiger partial charge in [-0.2, -0.15) is 0 Å². The van der Waals surface area contributed by atoms with Crippen LogP contribution in [0.25, 0.3) is 0 Å². The molecule has 0 radical (unpaired) electrons. The van der Waals surface area contributed by atoms with Gasteiger partial charge in [-0.25, -0.2) is 9.59 Å². The largest absolute Gasteiger partial charge is 0.492 e. The van der Waals surface area contributed by atoms with Gasteiger partial charge in [0.1, 0.15) is 35.9 Å². The van der Waals surface area contributed by atoms with Crippen molar-refractivity contribution in [2.24, 2.45) is 0 Å². The summed E-state index contributed by atoms with van der Waals surface area (Å²) in [7, 11) is 0. The molecule has 4 heterocycles. The van der Waals surface area contributed by atoms with Gasteiger partial charge in [0.05, 0.1) is 6.67 Å². The molecule has 2 aromatic carbocycles. The average molecular weight is 679 g/mol. The van der Waals surface area contributed by atoms with Crippen LogP contribution in [-0.2, 0) is 22.6 Å². The standard InChI is InChI=1S/C37H54N6O6/c1-36(2,3)48-34(44)40-15-11-38(12-16-40)19-21-46-30-7-9-32-28(23-30)25-42-27-43(32)26-29-24-31(8-10-33(29)42)47-22-20-39-13-17-41(18-14-39)35(45)49-37(4,5)6/h7-10,23-24H,11-22,25-27H2,1-6H3. The SMILES string of the molecule is CC(C)(C)OC(=O)N1CCN(CCOc2ccc3c(c2)CN2CN3Cc3cc(OCCN4CCN(C(=O)OC(C)(C)C)CC4)ccc32)CC1. The quantitative estimate of drug-likeness (QED) is 0.386. The van der Waals surface area contributed by atoms with Crippen molar-refractivity contribution in [1.82, 2.24) is 19.6 Å². The molecule has 4 aliphatic heterocycles. The minimum Gasteiger partial charge on any atom is -0.492 e. The predicted molar refractivity (Wildman–Crippen MR) is 190 cm³/mol. The molecule has 12 heteroatoms. The number of carbonyl (C=O) groups is 2. The van der Waals surface area contributed by atoms with Crippen molar-refractivity contribution >= 4 is 23.6 Å². The van der Waals surface area contributed by atoms with Crippen LogP contribution in [-0.4, -0.2) is 128 Å². The minimum atomic E-state index is -0.475. The van der Waals surface area contributed by atoms with Crippen molar-refractivity contribution in [1.29, 1.82) is 0 Å². The summed E-state index contributed by atoms with van der Waals surface area (Å²) in [6.45, 7) is 22.7. The van der Waals surface area contributed by atoms with Crippen molar-refractivity contribution in [3.8, 4) is 11.5 Å². The highest BCUT2D eigenvalue weighted by molar-refractivity contribution is 5.70. The maximum Gasteiger partial charge on any atom is 0.410 e. The number of nitrogens with zero attached hydrogens (tertiary/aromatic N) is 6. The molecule has 12 nitrogen and oxygen atoms in total. The monoisotopic (exact) mass is 678 g/mol. The van der Waals surface area contributed by atoms with E-state index in [1.54, 1.807) is 9.80 Å². The van der Waals surface area contributed by atoms with Gasteiger partial charge in [-0.1, -0.05) is 0 Å². The number of rotatable bonds is 8. The van der Waals surface area contributed by atoms with E-state index in [0.29, 0.717) is 39.4 Å². The third kappa shape index (κ3) is 9.21. The van der Waals surface area contributed by atoms with Crippen LogP contribution < -0.4 is 19.3 Å². The first kappa shape index (κ1) is 34.9. The molecule has 2 saturated heterocycles. The summed E-state index contributed by atoms with van der Waals surface area (Å²) in [5.41, 5.74) is 4.10. The fraction of sp³-hybridized carbons (Fsp3) is 0.622. The van der Waals surface area contributed by atoms with Crippen LogP contribution in [0.1, 0.15) is 52.7 Å². The van der Waals surface area contributed by atoms with Gasteiger partial charge in [0.2, 0.25) is 0 Å². The van der Waals surface area contributed by atoms with Gasteiger partial charge in [0.15, 0.2) is 0 Å². The Morgan fingerprint density at radius 2 is 0.980 bits per heavy atom. The van der Waals surface area contributed by atoms with E-state index in [1.807, 2.05) is 41.5 Å². The van der Waals surface area contributed by atoms with Crippen LogP contribution in [0, 0.1) is 0 Å². The number of fused-ring (bicyclic) bond motifs is 6. The van der Waals surface area contributed by atoms with Gasteiger partial charge in [-0.15, -0.1) is 0 Å². The summed E-state index contributed by atoms with van der Waals surface area (Å²) in [5.74, 6) is 1.78. The third-order valence-corrected chi connectivity index (χ3v) is 9.25. The average Bonchev–Trinajstić information content (AvgIpc) is 3.04. The highest BCUT2D eigenvalue weighted by Gasteiger charge is 2.31. The smallest absolute Gasteiger partial charge is 0.410 e. The fourth-order valence-electron chi connectivity index (χ4n) is 6.76. The number of ether oxygens (including phenoxy) is 4. The Labute approximate surface area is 291 Å². The molecular formula is C37H54N6O6. The maximum atomic E-state index is 12.4. The van der Waals surface area contributed by atoms with Gasteiger partial charge in [0.25, 0.3) is 0 Å². The third-order valence-electron chi connectivity index (χ3n) is 9.25. The lowest BCUT2D eigenvalue weighted by Crippen LogP contribution is -2.50. The first-order valence-electron chi connectivity index (χ1n) is 17.7. The predicted octanol–water partition coefficient (Wildman–Crippen LogP) is 4.85. The molecule has 268 valence electrons. The van der Waals surface area contributed by atoms with E-state index in [0.717, 1.165) is 70.5 Å². The van der Waals surface area contributed by atoms with Gasteiger partial charge < -0.3 is 38.5 Å². The Kier molecular flexibility index (Phi) is 10.4. The molecule has 0 N–H and O–H groups in total. The molecule has 0 atom stereocenters. The first-order valence-corrected chi connectivity index (χ1v) is 17.7. The molecule has 6 rings (SSSR count). The number of hydrogen-bond acceptors (Lipinski definition) is 10. The summed E-state index contributed by atoms with van der Waals surface area (Å²) in [5, 5.41) is 0. The molecule has 0 aromatic heterocycles. The first-order chi connectivity index (χ1) is 23.3. The molecular weight excluding hydrogens is 624 g/mol. The molecule has 0 saturated carbocycles. The molecule has 4 aliphatic rings. The van der Waals surface area contributed by atoms with Gasteiger partial charge in [0, 0.05) is 89.9 Å². The van der Waals surface area contributed by atoms with Crippen molar-refractivity contribution in [3.05, 3.63) is 47.5 Å². The number of anilines is 2. The number of benzene rings is 2. The van der Waals surface area contributed by atoms with Gasteiger partial charge >= 0.3 is 12.2 Å². The van der Waals surface area contributed by atoms with E-state index in [9.17, 15) is 9.59 Å². The second-order valence-electron chi connectivity index (χ2n) is 15.4. The highest BCUT2D eigenvalue weighted by Crippen LogP contribution is 2.40. The van der Waals surface area contributed by atoms with Crippen molar-refractivity contribution < 1.29 is 28.5 Å². The summed E-state index contributed by atoms with van der Waals surface area (Å²) < 4.78 is 23.5. The van der Waals surface area contributed by atoms with Crippen LogP contribution in [0.15, 0.2) is 36.4 Å². The number of piperazine rings is 2. The van der Waals surface area contributed by atoms with E-state index in [-0.39, 0.29) is 12.2 Å². The molecule has 2 bridgehead atoms. The van der Waals surface area contributed by atoms with E-state index in [1.165, 1.54) is 22.5 Å². The molecule has 2 amide bonds. The Hall–Kier alpha value is -3.90. The van der Waals surface area contributed by atoms with Crippen LogP contribution >= 0.6 is 0 Å². The minimum absolute atomic E-state index is 0.231. The lowest BCUT2D eigenvalue weighted by atomic mass is 10.0. The second kappa shape index (κ2) is 14.5. The Morgan fingerprint density at radius 3 is 1.35 bits per heavy atom. The molecule has 2 fully saturated rings. The summed E-state index contributed by atoms with van der Waals surface area (Å²) in [6.07, 6.45) is -0.463. The zero-order valence-electron chi connectivity index (χ0n) is 30.2. The normalized spacial score (nSPS) is 18.5. The van der Waals surface area contributed by atoms with Crippen molar-refractivity contribution in [2.75, 3.05) is 95.1 Å². The number of amides is 2. The van der Waals surface area contributed by atoms with Crippen molar-refractivity contribution in [2.45, 2.75) is 65.8 Å². The molecule has 0 aliphatic carbocycles. The lowest BCUT2D eigenvalue weighted by molar-refractivity contribution is 0.0127. The summed E-state index contributed by atoms with van der Waals surface area (Å²) in [4.78, 5) is 37.8. The van der Waals surface area contributed by atoms with Crippen LogP contribution in [0.4, 0.5) is 21.0 Å². The maximum absolute atomic E-state index is 12.4. The van der Waals surface area contributed by atoms with E-state index >= 15 is 0 Å². The van der Waals surface area contributed by atoms with Crippen LogP contribution in [0.2, 0.25) is 0 Å². The zero-order valence-corrected chi connectivity index (χ0v) is 30.2. The van der Waals surface area contributed by atoms with E-state index in [2.05, 4.69) is 56.0 Å². The number of hydrogen-bond donors (Lipinski definition) is 0. The Morgan fingerprint density at radius 1 is 0.592 bits per heavy atom. The van der Waals surface area contributed by atoms with E-state index in [4.69, 9.17) is 18.9 Å². The van der Waals surface area contributed by atoms with Crippen LogP contribution in [0.3, 0.4) is 0 Å². The Bertz CT molecular complexity index is 1360. The number of carbonyl (C=O) groups excluding carboxylic acids is 2. The molecule has 0 unspecified atom stereocenters. The highest BCUT2D eigenvalue weighted by atomic mass is 16.6. The topological polar surface area (TPSA) is 90.5 Å². The second-order valence-corrected chi connectivity index (χ2v) is 15.4. The van der Waals surface area contributed by atoms with Gasteiger partial charge in [-0.3, -0.25) is 9.80 Å². The summed E-state index contributed by atoms with van der Waals surface area (Å²) in [6, 6.07) is 12.9. The van der Waals surface area contributed by atoms with E-state index < -0.39 is 11.2 Å². The molecule has 49 heavy (non-hydrogen) atoms. The summed E-state index contributed by atoms with van der Waals surface area (Å²) >= 11 is 0. The lowest BCUT2D eigenvalue weighted by Gasteiger charge is -2.45. The molecule has 0 spiro atoms.